The number of hydroxylamine groups is 1. The fourth-order valence-corrected chi connectivity index (χ4v) is 0.872. The fraction of sp³-hybridized carbons (Fsp3) is 1.00. The highest BCUT2D eigenvalue weighted by atomic mass is 79.9. The SMILES string of the molecule is ONCCCCCBr. The lowest BCUT2D eigenvalue weighted by Crippen LogP contribution is -2.07. The molecular formula is C5H12BrNO. The van der Waals surface area contributed by atoms with Gasteiger partial charge in [0.1, 0.15) is 0 Å². The Bertz CT molecular complexity index is 37.4. The first kappa shape index (κ1) is 8.40. The molecule has 0 bridgehead atoms. The van der Waals surface area contributed by atoms with E-state index in [9.17, 15) is 0 Å². The average molecular weight is 182 g/mol. The lowest BCUT2D eigenvalue weighted by molar-refractivity contribution is 0.165. The van der Waals surface area contributed by atoms with Crippen LogP contribution < -0.4 is 5.48 Å². The standard InChI is InChI=1S/C5H12BrNO/c6-4-2-1-3-5-7-8/h7-8H,1-5H2. The number of hydrogen-bond donors (Lipinski definition) is 2. The molecule has 0 saturated heterocycles. The highest BCUT2D eigenvalue weighted by Gasteiger charge is 1.84. The van der Waals surface area contributed by atoms with Crippen molar-refractivity contribution in [2.24, 2.45) is 0 Å². The molecule has 3 heteroatoms. The summed E-state index contributed by atoms with van der Waals surface area (Å²) in [6, 6.07) is 0. The molecule has 0 aromatic heterocycles. The predicted molar refractivity (Wildman–Crippen MR) is 37.4 cm³/mol. The molecule has 2 nitrogen and oxygen atoms in total. The van der Waals surface area contributed by atoms with Crippen LogP contribution >= 0.6 is 15.9 Å². The molecule has 0 aliphatic rings. The Morgan fingerprint density at radius 2 is 2.00 bits per heavy atom. The molecule has 0 aromatic rings. The Balaban J connectivity index is 2.53. The minimum Gasteiger partial charge on any atom is -0.317 e. The van der Waals surface area contributed by atoms with Gasteiger partial charge in [0.05, 0.1) is 0 Å². The quantitative estimate of drug-likeness (QED) is 0.384. The van der Waals surface area contributed by atoms with E-state index >= 15 is 0 Å². The maximum Gasteiger partial charge on any atom is 0.0207 e. The topological polar surface area (TPSA) is 32.3 Å². The number of nitrogens with one attached hydrogen (secondary N) is 1. The van der Waals surface area contributed by atoms with Crippen molar-refractivity contribution in [1.29, 1.82) is 0 Å². The number of alkyl halides is 1. The lowest BCUT2D eigenvalue weighted by Gasteiger charge is -1.94. The maximum atomic E-state index is 8.10. The summed E-state index contributed by atoms with van der Waals surface area (Å²) < 4.78 is 0. The molecule has 0 aliphatic carbocycles. The molecule has 0 radical (unpaired) electrons. The van der Waals surface area contributed by atoms with Gasteiger partial charge in [-0.3, -0.25) is 0 Å². The lowest BCUT2D eigenvalue weighted by atomic mass is 10.3. The van der Waals surface area contributed by atoms with Crippen LogP contribution in [0.15, 0.2) is 0 Å². The first-order chi connectivity index (χ1) is 3.91. The zero-order valence-electron chi connectivity index (χ0n) is 4.86. The van der Waals surface area contributed by atoms with E-state index in [0.29, 0.717) is 6.54 Å². The first-order valence-electron chi connectivity index (χ1n) is 2.84. The van der Waals surface area contributed by atoms with Gasteiger partial charge < -0.3 is 5.21 Å². The third kappa shape index (κ3) is 6.40. The Kier molecular flexibility index (Phi) is 7.77. The highest BCUT2D eigenvalue weighted by Crippen LogP contribution is 1.96. The van der Waals surface area contributed by atoms with E-state index in [0.717, 1.165) is 11.8 Å². The normalized spacial score (nSPS) is 9.75. The molecule has 0 fully saturated rings. The van der Waals surface area contributed by atoms with Gasteiger partial charge in [0.15, 0.2) is 0 Å². The van der Waals surface area contributed by atoms with Crippen molar-refractivity contribution in [2.75, 3.05) is 11.9 Å². The van der Waals surface area contributed by atoms with Crippen LogP contribution in [0.4, 0.5) is 0 Å². The Hall–Kier alpha value is 0.400. The van der Waals surface area contributed by atoms with Gasteiger partial charge in [-0.25, -0.2) is 5.48 Å². The molecule has 0 aromatic carbocycles. The van der Waals surface area contributed by atoms with Gasteiger partial charge in [-0.05, 0) is 12.8 Å². The van der Waals surface area contributed by atoms with Gasteiger partial charge in [-0.15, -0.1) is 0 Å². The van der Waals surface area contributed by atoms with Crippen LogP contribution in [0.1, 0.15) is 19.3 Å². The number of rotatable bonds is 5. The summed E-state index contributed by atoms with van der Waals surface area (Å²) in [4.78, 5) is 0. The predicted octanol–water partition coefficient (Wildman–Crippen LogP) is 1.53. The summed E-state index contributed by atoms with van der Waals surface area (Å²) in [5.74, 6) is 0. The minimum atomic E-state index is 0.715. The molecule has 0 atom stereocenters. The molecule has 50 valence electrons. The van der Waals surface area contributed by atoms with E-state index in [1.54, 1.807) is 0 Å². The zero-order valence-corrected chi connectivity index (χ0v) is 6.45. The van der Waals surface area contributed by atoms with Crippen molar-refractivity contribution in [3.63, 3.8) is 0 Å². The van der Waals surface area contributed by atoms with E-state index in [1.807, 2.05) is 0 Å². The molecule has 0 saturated carbocycles. The second-order valence-electron chi connectivity index (χ2n) is 1.66. The van der Waals surface area contributed by atoms with E-state index in [2.05, 4.69) is 21.4 Å². The second kappa shape index (κ2) is 7.40. The highest BCUT2D eigenvalue weighted by molar-refractivity contribution is 9.09. The number of hydrogen-bond acceptors (Lipinski definition) is 2. The second-order valence-corrected chi connectivity index (χ2v) is 2.45. The molecule has 0 heterocycles. The number of unbranched alkanes of at least 4 members (excludes halogenated alkanes) is 2. The third-order valence-electron chi connectivity index (χ3n) is 0.922. The van der Waals surface area contributed by atoms with Gasteiger partial charge in [0.25, 0.3) is 0 Å². The third-order valence-corrected chi connectivity index (χ3v) is 1.48. The van der Waals surface area contributed by atoms with Crippen LogP contribution in [0, 0.1) is 0 Å². The largest absolute Gasteiger partial charge is 0.317 e. The van der Waals surface area contributed by atoms with Crippen molar-refractivity contribution in [1.82, 2.24) is 5.48 Å². The molecule has 0 unspecified atom stereocenters. The molecule has 8 heavy (non-hydrogen) atoms. The van der Waals surface area contributed by atoms with Crippen molar-refractivity contribution in [3.05, 3.63) is 0 Å². The Labute approximate surface area is 58.4 Å². The fourth-order valence-electron chi connectivity index (χ4n) is 0.475. The average Bonchev–Trinajstić information content (AvgIpc) is 1.81. The van der Waals surface area contributed by atoms with Gasteiger partial charge >= 0.3 is 0 Å². The minimum absolute atomic E-state index is 0.715. The Morgan fingerprint density at radius 3 is 2.50 bits per heavy atom. The van der Waals surface area contributed by atoms with Gasteiger partial charge in [0, 0.05) is 11.9 Å². The monoisotopic (exact) mass is 181 g/mol. The summed E-state index contributed by atoms with van der Waals surface area (Å²) in [5, 5.41) is 9.17. The van der Waals surface area contributed by atoms with Crippen LogP contribution in [-0.2, 0) is 0 Å². The first-order valence-corrected chi connectivity index (χ1v) is 3.97. The van der Waals surface area contributed by atoms with Crippen LogP contribution in [0.5, 0.6) is 0 Å². The van der Waals surface area contributed by atoms with E-state index in [4.69, 9.17) is 5.21 Å². The summed E-state index contributed by atoms with van der Waals surface area (Å²) in [6.45, 7) is 0.715. The zero-order chi connectivity index (χ0) is 6.24. The summed E-state index contributed by atoms with van der Waals surface area (Å²) in [7, 11) is 0. The van der Waals surface area contributed by atoms with Gasteiger partial charge in [-0.2, -0.15) is 0 Å². The molecule has 0 aliphatic heterocycles. The van der Waals surface area contributed by atoms with Crippen molar-refractivity contribution in [2.45, 2.75) is 19.3 Å². The van der Waals surface area contributed by atoms with E-state index < -0.39 is 0 Å². The van der Waals surface area contributed by atoms with E-state index in [-0.39, 0.29) is 0 Å². The van der Waals surface area contributed by atoms with Gasteiger partial charge in [-0.1, -0.05) is 22.4 Å². The number of halogens is 1. The summed E-state index contributed by atoms with van der Waals surface area (Å²) >= 11 is 3.32. The molecule has 0 spiro atoms. The van der Waals surface area contributed by atoms with Gasteiger partial charge in [0.2, 0.25) is 0 Å². The molecule has 0 rings (SSSR count). The molecular weight excluding hydrogens is 170 g/mol. The van der Waals surface area contributed by atoms with Crippen molar-refractivity contribution in [3.8, 4) is 0 Å². The van der Waals surface area contributed by atoms with E-state index in [1.165, 1.54) is 12.8 Å². The van der Waals surface area contributed by atoms with Crippen LogP contribution in [0.3, 0.4) is 0 Å². The van der Waals surface area contributed by atoms with Crippen molar-refractivity contribution >= 4 is 15.9 Å². The molecule has 0 amide bonds. The van der Waals surface area contributed by atoms with Crippen LogP contribution in [0.2, 0.25) is 0 Å². The maximum absolute atomic E-state index is 8.10. The smallest absolute Gasteiger partial charge is 0.0207 e. The van der Waals surface area contributed by atoms with Crippen LogP contribution in [0.25, 0.3) is 0 Å². The van der Waals surface area contributed by atoms with Crippen LogP contribution in [-0.4, -0.2) is 17.1 Å². The summed E-state index contributed by atoms with van der Waals surface area (Å²) in [5.41, 5.74) is 2.11. The molecule has 2 N–H and O–H groups in total. The summed E-state index contributed by atoms with van der Waals surface area (Å²) in [6.07, 6.45) is 3.43. The Morgan fingerprint density at radius 1 is 1.25 bits per heavy atom. The van der Waals surface area contributed by atoms with Crippen molar-refractivity contribution < 1.29 is 5.21 Å².